The number of aliphatic hydroxyl groups is 3. The summed E-state index contributed by atoms with van der Waals surface area (Å²) in [7, 11) is 1.26. The summed E-state index contributed by atoms with van der Waals surface area (Å²) in [6.07, 6.45) is 1.16. The number of hydrogen-bond acceptors (Lipinski definition) is 10. The van der Waals surface area contributed by atoms with Crippen LogP contribution in [0.25, 0.3) is 5.76 Å². The summed E-state index contributed by atoms with van der Waals surface area (Å²) in [4.78, 5) is 52.6. The first kappa shape index (κ1) is 25.7. The van der Waals surface area contributed by atoms with Crippen molar-refractivity contribution in [1.29, 1.82) is 0 Å². The van der Waals surface area contributed by atoms with Gasteiger partial charge in [-0.05, 0) is 51.4 Å². The number of phenols is 1. The average molecular weight is 519 g/mol. The highest BCUT2D eigenvalue weighted by Gasteiger charge is 2.64. The first-order valence-corrected chi connectivity index (χ1v) is 12.6. The monoisotopic (exact) mass is 518 g/mol. The summed E-state index contributed by atoms with van der Waals surface area (Å²) in [6, 6.07) is 0.0831. The highest BCUT2D eigenvalue weighted by Crippen LogP contribution is 2.53. The van der Waals surface area contributed by atoms with Gasteiger partial charge in [-0.15, -0.1) is 0 Å². The van der Waals surface area contributed by atoms with Crippen LogP contribution in [-0.2, 0) is 31.6 Å². The van der Waals surface area contributed by atoms with Crippen LogP contribution in [0.4, 0.5) is 0 Å². The van der Waals surface area contributed by atoms with Crippen molar-refractivity contribution < 1.29 is 43.8 Å². The molecule has 4 rings (SSSR count). The predicted molar refractivity (Wildman–Crippen MR) is 127 cm³/mol. The molecule has 0 saturated heterocycles. The molecule has 3 aliphatic rings. The Labute approximate surface area is 208 Å². The first-order valence-electron chi connectivity index (χ1n) is 11.0. The Morgan fingerprint density at radius 1 is 1.19 bits per heavy atom. The second-order valence-electron chi connectivity index (χ2n) is 9.60. The van der Waals surface area contributed by atoms with Crippen molar-refractivity contribution in [1.82, 2.24) is 4.90 Å². The van der Waals surface area contributed by atoms with Crippen molar-refractivity contribution in [3.63, 3.8) is 0 Å². The molecule has 1 aromatic rings. The fraction of sp³-hybridized carbons (Fsp3) is 0.417. The van der Waals surface area contributed by atoms with Gasteiger partial charge in [0.2, 0.25) is 5.78 Å². The van der Waals surface area contributed by atoms with E-state index >= 15 is 0 Å². The fourth-order valence-electron chi connectivity index (χ4n) is 5.82. The van der Waals surface area contributed by atoms with E-state index in [-0.39, 0.29) is 40.0 Å². The van der Waals surface area contributed by atoms with Crippen LogP contribution in [0, 0.1) is 11.8 Å². The van der Waals surface area contributed by atoms with Gasteiger partial charge in [0.05, 0.1) is 27.3 Å². The Balaban J connectivity index is 2.04. The summed E-state index contributed by atoms with van der Waals surface area (Å²) in [6.45, 7) is 1.27. The average Bonchev–Trinajstić information content (AvgIpc) is 2.75. The lowest BCUT2D eigenvalue weighted by Crippen LogP contribution is -2.65. The Bertz CT molecular complexity index is 1360. The Hall–Kier alpha value is -3.35. The maximum Gasteiger partial charge on any atom is 0.255 e. The number of ketones is 3. The number of hydrogen-bond donors (Lipinski definition) is 5. The fourth-order valence-corrected chi connectivity index (χ4v) is 6.48. The number of nitrogens with two attached hydrogens (primary N) is 1. The number of phenolic OH excluding ortho intramolecular Hbond substituents is 1. The van der Waals surface area contributed by atoms with Gasteiger partial charge in [-0.2, -0.15) is 0 Å². The summed E-state index contributed by atoms with van der Waals surface area (Å²) in [5.74, 6) is -8.27. The van der Waals surface area contributed by atoms with Gasteiger partial charge in [0.25, 0.3) is 5.91 Å². The number of aromatic hydroxyl groups is 1. The molecule has 0 aliphatic heterocycles. The van der Waals surface area contributed by atoms with Crippen molar-refractivity contribution in [2.24, 2.45) is 17.6 Å². The van der Waals surface area contributed by atoms with Crippen LogP contribution in [-0.4, -0.2) is 84.8 Å². The second-order valence-corrected chi connectivity index (χ2v) is 10.9. The second kappa shape index (κ2) is 8.36. The minimum absolute atomic E-state index is 0.0202. The Kier molecular flexibility index (Phi) is 5.97. The molecule has 11 nitrogen and oxygen atoms in total. The molecule has 0 spiro atoms. The number of rotatable bonds is 4. The zero-order chi connectivity index (χ0) is 27.0. The van der Waals surface area contributed by atoms with Crippen molar-refractivity contribution >= 4 is 39.8 Å². The number of carbonyl (C=O) groups is 4. The van der Waals surface area contributed by atoms with Gasteiger partial charge >= 0.3 is 0 Å². The molecule has 1 amide bonds. The van der Waals surface area contributed by atoms with Crippen molar-refractivity contribution in [3.05, 3.63) is 39.7 Å². The Morgan fingerprint density at radius 3 is 2.31 bits per heavy atom. The van der Waals surface area contributed by atoms with Crippen LogP contribution in [0.3, 0.4) is 0 Å². The van der Waals surface area contributed by atoms with Gasteiger partial charge in [0.1, 0.15) is 22.8 Å². The number of Topliss-reactive ketones (excluding diaryl/α,β-unsaturated/α-hetero) is 3. The maximum atomic E-state index is 13.8. The van der Waals surface area contributed by atoms with E-state index in [4.69, 9.17) is 5.73 Å². The van der Waals surface area contributed by atoms with E-state index in [1.807, 2.05) is 0 Å². The van der Waals surface area contributed by atoms with E-state index in [9.17, 15) is 43.8 Å². The van der Waals surface area contributed by atoms with Crippen LogP contribution in [0.2, 0.25) is 0 Å². The lowest BCUT2D eigenvalue weighted by Gasteiger charge is -2.50. The first-order chi connectivity index (χ1) is 16.7. The van der Waals surface area contributed by atoms with Crippen LogP contribution in [0.5, 0.6) is 5.75 Å². The zero-order valence-corrected chi connectivity index (χ0v) is 20.8. The topological polar surface area (TPSA) is 196 Å². The molecule has 0 aromatic heterocycles. The van der Waals surface area contributed by atoms with E-state index in [0.717, 1.165) is 0 Å². The minimum atomic E-state index is -2.76. The molecular formula is C24H26N2O9S. The smallest absolute Gasteiger partial charge is 0.255 e. The standard InChI is InChI=1S/C24H26N2O9S/c1-8(27)10-7-13(36(4)35)18(28)15-11(10)5-9-6-12-17(26(2)3)20(30)16(23(25)33)22(32)24(12,34)21(31)14(9)19(15)29/h7,9,12,17,28-29,32,34H,5-6H2,1-4H3,(H2,25,33). The van der Waals surface area contributed by atoms with Crippen molar-refractivity contribution in [2.45, 2.75) is 36.3 Å². The maximum absolute atomic E-state index is 13.8. The molecule has 0 heterocycles. The third kappa shape index (κ3) is 3.28. The normalized spacial score (nSPS) is 28.6. The van der Waals surface area contributed by atoms with Crippen LogP contribution < -0.4 is 5.73 Å². The van der Waals surface area contributed by atoms with E-state index in [1.165, 1.54) is 38.2 Å². The molecule has 3 aliphatic carbocycles. The Morgan fingerprint density at radius 2 is 1.81 bits per heavy atom. The number of benzene rings is 1. The molecule has 36 heavy (non-hydrogen) atoms. The van der Waals surface area contributed by atoms with E-state index in [1.54, 1.807) is 0 Å². The van der Waals surface area contributed by atoms with Gasteiger partial charge in [-0.3, -0.25) is 28.3 Å². The molecule has 6 N–H and O–H groups in total. The van der Waals surface area contributed by atoms with Gasteiger partial charge in [0, 0.05) is 23.3 Å². The van der Waals surface area contributed by atoms with Crippen LogP contribution in [0.1, 0.15) is 34.8 Å². The summed E-state index contributed by atoms with van der Waals surface area (Å²) in [5.41, 5.74) is 1.38. The molecule has 0 radical (unpaired) electrons. The molecule has 12 heteroatoms. The third-order valence-electron chi connectivity index (χ3n) is 7.37. The number of amides is 1. The van der Waals surface area contributed by atoms with E-state index < -0.39 is 80.4 Å². The minimum Gasteiger partial charge on any atom is -0.508 e. The lowest BCUT2D eigenvalue weighted by molar-refractivity contribution is -0.153. The SMILES string of the molecule is CC(=O)c1cc(S(C)=O)c(O)c2c1CC1CC3C(N(C)C)C(=O)C(C(N)=O)=C(O)C3(O)C(=O)C1=C2O. The molecule has 1 aromatic carbocycles. The zero-order valence-electron chi connectivity index (χ0n) is 20.0. The number of fused-ring (bicyclic) bond motifs is 3. The van der Waals surface area contributed by atoms with Crippen LogP contribution in [0.15, 0.2) is 27.9 Å². The number of likely N-dealkylation sites (N-methyl/N-ethyl adjacent to an activating group) is 1. The highest BCUT2D eigenvalue weighted by molar-refractivity contribution is 7.84. The van der Waals surface area contributed by atoms with Gasteiger partial charge in [-0.1, -0.05) is 0 Å². The van der Waals surface area contributed by atoms with E-state index in [0.29, 0.717) is 0 Å². The number of aliphatic hydroxyl groups excluding tert-OH is 2. The van der Waals surface area contributed by atoms with E-state index in [2.05, 4.69) is 0 Å². The number of primary amides is 1. The van der Waals surface area contributed by atoms with Gasteiger partial charge in [0.15, 0.2) is 17.2 Å². The van der Waals surface area contributed by atoms with Crippen molar-refractivity contribution in [2.75, 3.05) is 20.4 Å². The molecule has 5 unspecified atom stereocenters. The largest absolute Gasteiger partial charge is 0.508 e. The number of carbonyl (C=O) groups excluding carboxylic acids is 4. The summed E-state index contributed by atoms with van der Waals surface area (Å²) < 4.78 is 12.2. The summed E-state index contributed by atoms with van der Waals surface area (Å²) >= 11 is 0. The third-order valence-corrected chi connectivity index (χ3v) is 8.31. The predicted octanol–water partition coefficient (Wildman–Crippen LogP) is -0.0960. The van der Waals surface area contributed by atoms with Crippen LogP contribution >= 0.6 is 0 Å². The molecule has 5 atom stereocenters. The number of nitrogens with zero attached hydrogens (tertiary/aromatic N) is 1. The molecular weight excluding hydrogens is 492 g/mol. The highest BCUT2D eigenvalue weighted by atomic mass is 32.2. The molecule has 1 fully saturated rings. The van der Waals surface area contributed by atoms with Gasteiger partial charge < -0.3 is 26.2 Å². The lowest BCUT2D eigenvalue weighted by atomic mass is 9.57. The molecule has 1 saturated carbocycles. The van der Waals surface area contributed by atoms with Crippen molar-refractivity contribution in [3.8, 4) is 5.75 Å². The quantitative estimate of drug-likeness (QED) is 0.265. The van der Waals surface area contributed by atoms with Gasteiger partial charge in [-0.25, -0.2) is 0 Å². The molecule has 192 valence electrons. The summed E-state index contributed by atoms with van der Waals surface area (Å²) in [5, 5.41) is 44.5. The molecule has 0 bridgehead atoms.